The molecule has 0 amide bonds. The summed E-state index contributed by atoms with van der Waals surface area (Å²) in [4.78, 5) is 49.0. The highest BCUT2D eigenvalue weighted by Crippen LogP contribution is 2.34. The average molecular weight is 485 g/mol. The maximum Gasteiger partial charge on any atom is 0.374 e. The molecular weight excluding hydrogens is 467 g/mol. The van der Waals surface area contributed by atoms with Crippen LogP contribution in [-0.2, 0) is 28.4 Å². The summed E-state index contributed by atoms with van der Waals surface area (Å²) in [5.41, 5.74) is 2.40. The number of nitrogens with zero attached hydrogens (tertiary/aromatic N) is 2. The van der Waals surface area contributed by atoms with Crippen LogP contribution in [0, 0.1) is 0 Å². The average Bonchev–Trinajstić information content (AvgIpc) is 3.07. The zero-order valence-electron chi connectivity index (χ0n) is 17.9. The molecule has 33 heavy (non-hydrogen) atoms. The molecule has 0 aliphatic carbocycles. The van der Waals surface area contributed by atoms with Crippen LogP contribution in [0.4, 0.5) is 0 Å². The number of aryl methyl sites for hydroxylation is 2. The number of esters is 1. The first kappa shape index (κ1) is 22.8. The summed E-state index contributed by atoms with van der Waals surface area (Å²) in [6.45, 7) is 0. The Labute approximate surface area is 198 Å². The molecule has 0 N–H and O–H groups in total. The molecule has 9 heteroatoms. The van der Waals surface area contributed by atoms with Gasteiger partial charge in [0.25, 0.3) is 5.56 Å². The van der Waals surface area contributed by atoms with E-state index in [-0.39, 0.29) is 11.1 Å². The molecule has 4 aromatic rings. The minimum atomic E-state index is -1.06. The van der Waals surface area contributed by atoms with Crippen molar-refractivity contribution < 1.29 is 19.1 Å². The van der Waals surface area contributed by atoms with Crippen LogP contribution in [0.1, 0.15) is 16.8 Å². The first-order valence-electron chi connectivity index (χ1n) is 9.86. The third-order valence-electron chi connectivity index (χ3n) is 5.63. The molecule has 0 saturated carbocycles. The molecule has 2 aromatic heterocycles. The third kappa shape index (κ3) is 3.83. The second-order valence-corrected chi connectivity index (χ2v) is 8.43. The smallest absolute Gasteiger partial charge is 0.374 e. The molecule has 0 spiro atoms. The standard InChI is InChI=1S/C24H18Cl2N2O5/c1-27-19-7-4-12(20(29)11-21(30)24(32)33-3)8-15(19)16-10-17(23(31)28(2)22(16)27)14-6-5-13(25)9-18(14)26/h4-10H,11H2,1-3H3. The molecule has 0 radical (unpaired) electrons. The van der Waals surface area contributed by atoms with Crippen molar-refractivity contribution in [3.63, 3.8) is 0 Å². The van der Waals surface area contributed by atoms with Crippen LogP contribution < -0.4 is 5.56 Å². The van der Waals surface area contributed by atoms with E-state index in [1.165, 1.54) is 4.57 Å². The van der Waals surface area contributed by atoms with Gasteiger partial charge in [0.2, 0.25) is 5.78 Å². The van der Waals surface area contributed by atoms with E-state index < -0.39 is 24.0 Å². The fraction of sp³-hybridized carbons (Fsp3) is 0.167. The summed E-state index contributed by atoms with van der Waals surface area (Å²) in [6, 6.07) is 11.6. The monoisotopic (exact) mass is 484 g/mol. The molecule has 2 aromatic carbocycles. The lowest BCUT2D eigenvalue weighted by Crippen LogP contribution is -2.20. The highest BCUT2D eigenvalue weighted by molar-refractivity contribution is 6.38. The fourth-order valence-corrected chi connectivity index (χ4v) is 4.51. The number of pyridine rings is 1. The van der Waals surface area contributed by atoms with Crippen molar-refractivity contribution in [1.29, 1.82) is 0 Å². The van der Waals surface area contributed by atoms with Crippen LogP contribution in [0.3, 0.4) is 0 Å². The highest BCUT2D eigenvalue weighted by atomic mass is 35.5. The predicted molar refractivity (Wildman–Crippen MR) is 127 cm³/mol. The molecule has 168 valence electrons. The normalized spacial score (nSPS) is 11.2. The van der Waals surface area contributed by atoms with E-state index in [0.717, 1.165) is 18.0 Å². The maximum absolute atomic E-state index is 13.2. The van der Waals surface area contributed by atoms with E-state index in [1.54, 1.807) is 49.5 Å². The highest BCUT2D eigenvalue weighted by Gasteiger charge is 2.22. The minimum absolute atomic E-state index is 0.238. The second-order valence-electron chi connectivity index (χ2n) is 7.59. The number of hydrogen-bond donors (Lipinski definition) is 0. The first-order valence-corrected chi connectivity index (χ1v) is 10.6. The van der Waals surface area contributed by atoms with Gasteiger partial charge in [0.1, 0.15) is 5.65 Å². The van der Waals surface area contributed by atoms with Gasteiger partial charge in [0.15, 0.2) is 5.78 Å². The number of ether oxygens (including phenoxy) is 1. The number of methoxy groups -OCH3 is 1. The van der Waals surface area contributed by atoms with Crippen LogP contribution in [-0.4, -0.2) is 33.8 Å². The number of Topliss-reactive ketones (excluding diaryl/α,β-unsaturated/α-hetero) is 2. The molecule has 0 aliphatic heterocycles. The Morgan fingerprint density at radius 2 is 1.64 bits per heavy atom. The molecule has 0 aliphatic rings. The largest absolute Gasteiger partial charge is 0.463 e. The summed E-state index contributed by atoms with van der Waals surface area (Å²) in [7, 11) is 4.57. The number of rotatable bonds is 5. The van der Waals surface area contributed by atoms with Crippen molar-refractivity contribution in [2.75, 3.05) is 7.11 Å². The van der Waals surface area contributed by atoms with Gasteiger partial charge in [-0.25, -0.2) is 4.79 Å². The van der Waals surface area contributed by atoms with E-state index in [0.29, 0.717) is 32.2 Å². The number of ketones is 2. The summed E-state index contributed by atoms with van der Waals surface area (Å²) >= 11 is 12.4. The number of carbonyl (C=O) groups is 3. The van der Waals surface area contributed by atoms with Gasteiger partial charge in [-0.3, -0.25) is 19.0 Å². The predicted octanol–water partition coefficient (Wildman–Crippen LogP) is 4.32. The lowest BCUT2D eigenvalue weighted by atomic mass is 10.0. The fourth-order valence-electron chi connectivity index (χ4n) is 4.00. The van der Waals surface area contributed by atoms with E-state index in [9.17, 15) is 19.2 Å². The van der Waals surface area contributed by atoms with Gasteiger partial charge in [0.05, 0.1) is 24.1 Å². The lowest BCUT2D eigenvalue weighted by Gasteiger charge is -2.09. The molecule has 0 saturated heterocycles. The third-order valence-corrected chi connectivity index (χ3v) is 6.17. The van der Waals surface area contributed by atoms with Gasteiger partial charge in [0, 0.05) is 46.6 Å². The Morgan fingerprint density at radius 1 is 0.909 bits per heavy atom. The molecule has 4 rings (SSSR count). The minimum Gasteiger partial charge on any atom is -0.463 e. The number of benzene rings is 2. The van der Waals surface area contributed by atoms with Crippen LogP contribution in [0.5, 0.6) is 0 Å². The topological polar surface area (TPSA) is 87.4 Å². The zero-order valence-corrected chi connectivity index (χ0v) is 19.5. The van der Waals surface area contributed by atoms with Gasteiger partial charge in [-0.2, -0.15) is 0 Å². The Hall–Kier alpha value is -3.42. The van der Waals surface area contributed by atoms with Crippen LogP contribution >= 0.6 is 23.2 Å². The molecule has 0 fully saturated rings. The van der Waals surface area contributed by atoms with Gasteiger partial charge in [-0.15, -0.1) is 0 Å². The van der Waals surface area contributed by atoms with Crippen LogP contribution in [0.15, 0.2) is 47.3 Å². The van der Waals surface area contributed by atoms with Crippen molar-refractivity contribution >= 4 is 62.7 Å². The van der Waals surface area contributed by atoms with Gasteiger partial charge >= 0.3 is 5.97 Å². The molecule has 0 atom stereocenters. The van der Waals surface area contributed by atoms with Crippen molar-refractivity contribution in [3.05, 3.63) is 68.4 Å². The Morgan fingerprint density at radius 3 is 2.30 bits per heavy atom. The second kappa shape index (κ2) is 8.50. The summed E-state index contributed by atoms with van der Waals surface area (Å²) in [5, 5.41) is 2.24. The number of fused-ring (bicyclic) bond motifs is 3. The number of aromatic nitrogens is 2. The number of hydrogen-bond acceptors (Lipinski definition) is 5. The molecule has 0 unspecified atom stereocenters. The molecule has 0 bridgehead atoms. The van der Waals surface area contributed by atoms with Crippen molar-refractivity contribution in [3.8, 4) is 11.1 Å². The van der Waals surface area contributed by atoms with Gasteiger partial charge in [-0.05, 0) is 36.4 Å². The lowest BCUT2D eigenvalue weighted by molar-refractivity contribution is -0.151. The van der Waals surface area contributed by atoms with E-state index in [2.05, 4.69) is 4.74 Å². The van der Waals surface area contributed by atoms with Gasteiger partial charge < -0.3 is 9.30 Å². The van der Waals surface area contributed by atoms with Crippen LogP contribution in [0.2, 0.25) is 10.0 Å². The van der Waals surface area contributed by atoms with E-state index >= 15 is 0 Å². The van der Waals surface area contributed by atoms with Crippen molar-refractivity contribution in [2.45, 2.75) is 6.42 Å². The maximum atomic E-state index is 13.2. The molecule has 2 heterocycles. The number of halogens is 2. The van der Waals surface area contributed by atoms with E-state index in [1.807, 2.05) is 11.6 Å². The zero-order chi connectivity index (χ0) is 24.0. The Bertz CT molecular complexity index is 1550. The summed E-state index contributed by atoms with van der Waals surface area (Å²) in [5.74, 6) is -2.48. The van der Waals surface area contributed by atoms with Gasteiger partial charge in [-0.1, -0.05) is 29.3 Å². The van der Waals surface area contributed by atoms with Crippen molar-refractivity contribution in [2.24, 2.45) is 14.1 Å². The quantitative estimate of drug-likeness (QED) is 0.182. The van der Waals surface area contributed by atoms with E-state index in [4.69, 9.17) is 23.2 Å². The Balaban J connectivity index is 1.93. The Kier molecular flexibility index (Phi) is 5.86. The van der Waals surface area contributed by atoms with Crippen LogP contribution in [0.25, 0.3) is 33.1 Å². The van der Waals surface area contributed by atoms with Crippen molar-refractivity contribution in [1.82, 2.24) is 9.13 Å². The molecule has 7 nitrogen and oxygen atoms in total. The SMILES string of the molecule is COC(=O)C(=O)CC(=O)c1ccc2c(c1)c1cc(-c3ccc(Cl)cc3Cl)c(=O)n(C)c1n2C. The molecular formula is C24H18Cl2N2O5. The summed E-state index contributed by atoms with van der Waals surface area (Å²) < 4.78 is 7.76. The number of carbonyl (C=O) groups excluding carboxylic acids is 3. The summed E-state index contributed by atoms with van der Waals surface area (Å²) in [6.07, 6.45) is -0.590. The first-order chi connectivity index (χ1) is 15.6.